The van der Waals surface area contributed by atoms with Gasteiger partial charge in [0.25, 0.3) is 0 Å². The summed E-state index contributed by atoms with van der Waals surface area (Å²) in [4.78, 5) is 14.7. The van der Waals surface area contributed by atoms with E-state index in [1.165, 1.54) is 33.3 Å². The van der Waals surface area contributed by atoms with E-state index in [4.69, 9.17) is 15.0 Å². The maximum atomic E-state index is 14.2. The predicted octanol–water partition coefficient (Wildman–Crippen LogP) is 2.12. The quantitative estimate of drug-likeness (QED) is 0.274. The van der Waals surface area contributed by atoms with Crippen molar-refractivity contribution in [3.8, 4) is 5.75 Å². The first-order chi connectivity index (χ1) is 10.0. The maximum absolute atomic E-state index is 14.2. The molecule has 1 aromatic carbocycles. The Labute approximate surface area is 121 Å². The number of rotatable bonds is 7. The number of azide groups is 1. The smallest absolute Gasteiger partial charge is 0.330 e. The van der Waals surface area contributed by atoms with Crippen LogP contribution in [0.5, 0.6) is 5.75 Å². The highest BCUT2D eigenvalue weighted by molar-refractivity contribution is 5.83. The van der Waals surface area contributed by atoms with E-state index in [2.05, 4.69) is 15.3 Å². The minimum absolute atomic E-state index is 0.0419. The van der Waals surface area contributed by atoms with Gasteiger partial charge in [-0.15, -0.1) is 0 Å². The monoisotopic (exact) mass is 296 g/mol. The fourth-order valence-corrected chi connectivity index (χ4v) is 2.03. The van der Waals surface area contributed by atoms with E-state index in [9.17, 15) is 9.18 Å². The van der Waals surface area contributed by atoms with Crippen molar-refractivity contribution in [1.82, 2.24) is 5.32 Å². The Bertz CT molecular complexity index is 560. The topological polar surface area (TPSA) is 96.3 Å². The number of nitrogens with one attached hydrogen (secondary N) is 1. The normalized spacial score (nSPS) is 13.0. The number of methoxy groups -OCH3 is 2. The van der Waals surface area contributed by atoms with Crippen molar-refractivity contribution in [3.63, 3.8) is 0 Å². The third kappa shape index (κ3) is 3.62. The van der Waals surface area contributed by atoms with Gasteiger partial charge >= 0.3 is 5.97 Å². The van der Waals surface area contributed by atoms with Crippen molar-refractivity contribution < 1.29 is 18.7 Å². The molecule has 7 nitrogen and oxygen atoms in total. The number of benzene rings is 1. The van der Waals surface area contributed by atoms with Gasteiger partial charge in [-0.05, 0) is 24.6 Å². The van der Waals surface area contributed by atoms with Crippen molar-refractivity contribution >= 4 is 5.97 Å². The van der Waals surface area contributed by atoms with Gasteiger partial charge in [0, 0.05) is 18.0 Å². The molecule has 0 saturated heterocycles. The van der Waals surface area contributed by atoms with Gasteiger partial charge in [0.15, 0.2) is 0 Å². The Balaban J connectivity index is 3.24. The van der Waals surface area contributed by atoms with Gasteiger partial charge in [-0.1, -0.05) is 11.2 Å². The van der Waals surface area contributed by atoms with E-state index >= 15 is 0 Å². The lowest BCUT2D eigenvalue weighted by atomic mass is 9.90. The summed E-state index contributed by atoms with van der Waals surface area (Å²) in [5.41, 5.74) is 6.83. The molecule has 1 N–H and O–H groups in total. The molecule has 1 atom stereocenters. The Kier molecular flexibility index (Phi) is 5.95. The van der Waals surface area contributed by atoms with Crippen molar-refractivity contribution in [1.29, 1.82) is 0 Å². The summed E-state index contributed by atoms with van der Waals surface area (Å²) in [6.07, 6.45) is 0. The van der Waals surface area contributed by atoms with Gasteiger partial charge < -0.3 is 9.47 Å². The fraction of sp³-hybridized carbons (Fsp3) is 0.462. The molecule has 21 heavy (non-hydrogen) atoms. The second-order valence-electron chi connectivity index (χ2n) is 4.31. The van der Waals surface area contributed by atoms with Gasteiger partial charge in [-0.3, -0.25) is 5.32 Å². The van der Waals surface area contributed by atoms with Crippen molar-refractivity contribution in [2.75, 3.05) is 27.3 Å². The molecule has 1 aromatic rings. The molecule has 0 amide bonds. The zero-order valence-corrected chi connectivity index (χ0v) is 12.1. The van der Waals surface area contributed by atoms with Gasteiger partial charge in [-0.25, -0.2) is 9.18 Å². The lowest BCUT2D eigenvalue weighted by Gasteiger charge is -2.30. The molecule has 0 fully saturated rings. The molecule has 0 bridgehead atoms. The van der Waals surface area contributed by atoms with E-state index in [1.54, 1.807) is 6.07 Å². The molecule has 1 rings (SSSR count). The number of hydrogen-bond acceptors (Lipinski definition) is 5. The minimum Gasteiger partial charge on any atom is -0.496 e. The average molecular weight is 296 g/mol. The first-order valence-electron chi connectivity index (χ1n) is 6.18. The summed E-state index contributed by atoms with van der Waals surface area (Å²) in [5, 5.41) is 6.21. The van der Waals surface area contributed by atoms with Crippen LogP contribution >= 0.6 is 0 Å². The van der Waals surface area contributed by atoms with Crippen LogP contribution in [0.2, 0.25) is 0 Å². The zero-order valence-electron chi connectivity index (χ0n) is 12.1. The molecule has 0 heterocycles. The Morgan fingerprint density at radius 1 is 1.52 bits per heavy atom. The van der Waals surface area contributed by atoms with Crippen molar-refractivity contribution in [2.24, 2.45) is 5.11 Å². The van der Waals surface area contributed by atoms with Crippen molar-refractivity contribution in [2.45, 2.75) is 12.5 Å². The number of halogens is 1. The number of esters is 1. The second kappa shape index (κ2) is 7.47. The summed E-state index contributed by atoms with van der Waals surface area (Å²) in [6.45, 7) is 1.77. The van der Waals surface area contributed by atoms with Gasteiger partial charge in [0.1, 0.15) is 17.1 Å². The standard InChI is InChI=1S/C13H17FN4O3/c1-13(12(19)21-3,16-7-8-17-18-15)11-9(14)5-4-6-10(11)20-2/h4-6,16H,7-8H2,1-3H3. The number of carbonyl (C=O) groups excluding carboxylic acids is 1. The predicted molar refractivity (Wildman–Crippen MR) is 74.3 cm³/mol. The average Bonchev–Trinajstić information content (AvgIpc) is 2.50. The molecule has 0 saturated carbocycles. The highest BCUT2D eigenvalue weighted by Gasteiger charge is 2.40. The fourth-order valence-electron chi connectivity index (χ4n) is 2.03. The van der Waals surface area contributed by atoms with Crippen LogP contribution in [-0.4, -0.2) is 33.3 Å². The molecular weight excluding hydrogens is 279 g/mol. The lowest BCUT2D eigenvalue weighted by Crippen LogP contribution is -2.49. The van der Waals surface area contributed by atoms with Crippen LogP contribution in [-0.2, 0) is 15.1 Å². The highest BCUT2D eigenvalue weighted by atomic mass is 19.1. The number of hydrogen-bond donors (Lipinski definition) is 1. The van der Waals surface area contributed by atoms with Crippen LogP contribution < -0.4 is 10.1 Å². The van der Waals surface area contributed by atoms with Crippen LogP contribution in [0, 0.1) is 5.82 Å². The van der Waals surface area contributed by atoms with Crippen LogP contribution in [0.4, 0.5) is 4.39 Å². The van der Waals surface area contributed by atoms with E-state index in [-0.39, 0.29) is 24.4 Å². The molecule has 0 aliphatic heterocycles. The van der Waals surface area contributed by atoms with E-state index in [1.807, 2.05) is 0 Å². The first-order valence-corrected chi connectivity index (χ1v) is 6.18. The van der Waals surface area contributed by atoms with Crippen LogP contribution in [0.3, 0.4) is 0 Å². The first kappa shape index (κ1) is 16.7. The Morgan fingerprint density at radius 2 is 2.24 bits per heavy atom. The van der Waals surface area contributed by atoms with Gasteiger partial charge in [0.05, 0.1) is 19.8 Å². The third-order valence-electron chi connectivity index (χ3n) is 3.04. The number of carbonyl (C=O) groups is 1. The van der Waals surface area contributed by atoms with Crippen LogP contribution in [0.1, 0.15) is 12.5 Å². The van der Waals surface area contributed by atoms with E-state index in [0.717, 1.165) is 0 Å². The van der Waals surface area contributed by atoms with Crippen LogP contribution in [0.15, 0.2) is 23.3 Å². The van der Waals surface area contributed by atoms with Gasteiger partial charge in [-0.2, -0.15) is 0 Å². The van der Waals surface area contributed by atoms with Crippen molar-refractivity contribution in [3.05, 3.63) is 40.0 Å². The van der Waals surface area contributed by atoms with E-state index < -0.39 is 17.3 Å². The summed E-state index contributed by atoms with van der Waals surface area (Å²) in [6, 6.07) is 4.26. The second-order valence-corrected chi connectivity index (χ2v) is 4.31. The Hall–Kier alpha value is -2.31. The van der Waals surface area contributed by atoms with Gasteiger partial charge in [0.2, 0.25) is 0 Å². The Morgan fingerprint density at radius 3 is 2.81 bits per heavy atom. The number of nitrogens with zero attached hydrogens (tertiary/aromatic N) is 3. The summed E-state index contributed by atoms with van der Waals surface area (Å²) in [5.74, 6) is -1.05. The van der Waals surface area contributed by atoms with E-state index in [0.29, 0.717) is 0 Å². The summed E-state index contributed by atoms with van der Waals surface area (Å²) < 4.78 is 24.1. The molecule has 0 aromatic heterocycles. The third-order valence-corrected chi connectivity index (χ3v) is 3.04. The molecular formula is C13H17FN4O3. The molecule has 1 unspecified atom stereocenters. The van der Waals surface area contributed by atoms with Crippen LogP contribution in [0.25, 0.3) is 10.4 Å². The summed E-state index contributed by atoms with van der Waals surface area (Å²) in [7, 11) is 2.60. The zero-order chi connectivity index (χ0) is 15.9. The lowest BCUT2D eigenvalue weighted by molar-refractivity contribution is -0.148. The molecule has 0 aliphatic carbocycles. The maximum Gasteiger partial charge on any atom is 0.330 e. The minimum atomic E-state index is -1.46. The molecule has 0 radical (unpaired) electrons. The summed E-state index contributed by atoms with van der Waals surface area (Å²) >= 11 is 0. The SMILES string of the molecule is COC(=O)C(C)(NCCN=[N+]=[N-])c1c(F)cccc1OC. The molecule has 0 aliphatic rings. The largest absolute Gasteiger partial charge is 0.496 e. The molecule has 114 valence electrons. The highest BCUT2D eigenvalue weighted by Crippen LogP contribution is 2.33. The number of ether oxygens (including phenoxy) is 2. The molecule has 0 spiro atoms. The molecule has 8 heteroatoms.